The number of ketones is 1. The van der Waals surface area contributed by atoms with Crippen LogP contribution in [0.25, 0.3) is 0 Å². The van der Waals surface area contributed by atoms with Gasteiger partial charge in [-0.15, -0.1) is 5.10 Å². The number of rotatable bonds is 2. The third-order valence-corrected chi connectivity index (χ3v) is 2.41. The fourth-order valence-electron chi connectivity index (χ4n) is 1.10. The van der Waals surface area contributed by atoms with Crippen molar-refractivity contribution < 1.29 is 4.79 Å². The van der Waals surface area contributed by atoms with E-state index >= 15 is 0 Å². The van der Waals surface area contributed by atoms with Crippen molar-refractivity contribution in [2.75, 3.05) is 0 Å². The third-order valence-electron chi connectivity index (χ3n) is 1.83. The topological polar surface area (TPSA) is 73.6 Å². The summed E-state index contributed by atoms with van der Waals surface area (Å²) in [4.78, 5) is 19.6. The van der Waals surface area contributed by atoms with Crippen LogP contribution in [0.3, 0.4) is 0 Å². The van der Waals surface area contributed by atoms with Crippen molar-refractivity contribution in [3.8, 4) is 0 Å². The lowest BCUT2D eigenvalue weighted by atomic mass is 10.2. The van der Waals surface area contributed by atoms with Gasteiger partial charge >= 0.3 is 0 Å². The van der Waals surface area contributed by atoms with Crippen LogP contribution in [-0.4, -0.2) is 30.7 Å². The van der Waals surface area contributed by atoms with E-state index in [1.165, 1.54) is 23.4 Å². The van der Waals surface area contributed by atoms with Crippen LogP contribution in [0.15, 0.2) is 23.2 Å². The normalized spacial score (nSPS) is 10.3. The van der Waals surface area contributed by atoms with Crippen LogP contribution in [0, 0.1) is 0 Å². The van der Waals surface area contributed by atoms with Crippen LogP contribution in [0.2, 0.25) is 0 Å². The second-order valence-electron chi connectivity index (χ2n) is 2.79. The minimum atomic E-state index is -0.239. The fraction of sp³-hybridized carbons (Fsp3) is 0.125. The van der Waals surface area contributed by atoms with Crippen molar-refractivity contribution in [3.05, 3.63) is 34.6 Å². The number of aromatic nitrogens is 5. The molecular weight excluding hydrogens is 262 g/mol. The Balaban J connectivity index is 2.46. The minimum Gasteiger partial charge on any atom is -0.285 e. The Hall–Kier alpha value is -1.63. The van der Waals surface area contributed by atoms with Gasteiger partial charge in [-0.25, -0.2) is 14.6 Å². The smallest absolute Gasteiger partial charge is 0.232 e. The van der Waals surface area contributed by atoms with Crippen LogP contribution in [0.4, 0.5) is 0 Å². The summed E-state index contributed by atoms with van der Waals surface area (Å²) in [7, 11) is 1.65. The first-order valence-electron chi connectivity index (χ1n) is 4.05. The highest BCUT2D eigenvalue weighted by molar-refractivity contribution is 9.10. The number of aryl methyl sites for hydroxylation is 1. The van der Waals surface area contributed by atoms with Crippen molar-refractivity contribution in [1.29, 1.82) is 0 Å². The molecule has 0 aromatic carbocycles. The maximum Gasteiger partial charge on any atom is 0.232 e. The molecule has 2 aromatic rings. The highest BCUT2D eigenvalue weighted by Gasteiger charge is 2.17. The van der Waals surface area contributed by atoms with E-state index in [1.54, 1.807) is 7.05 Å². The first-order chi connectivity index (χ1) is 7.20. The number of hydrogen-bond acceptors (Lipinski definition) is 5. The number of carbonyl (C=O) groups excluding carboxylic acids is 1. The molecule has 0 saturated heterocycles. The van der Waals surface area contributed by atoms with Gasteiger partial charge in [0.1, 0.15) is 17.7 Å². The molecule has 2 heterocycles. The van der Waals surface area contributed by atoms with Crippen molar-refractivity contribution in [1.82, 2.24) is 25.0 Å². The van der Waals surface area contributed by atoms with Crippen molar-refractivity contribution in [2.24, 2.45) is 7.05 Å². The monoisotopic (exact) mass is 267 g/mol. The highest BCUT2D eigenvalue weighted by Crippen LogP contribution is 2.15. The molecule has 0 fully saturated rings. The van der Waals surface area contributed by atoms with E-state index in [0.29, 0.717) is 15.9 Å². The van der Waals surface area contributed by atoms with E-state index in [1.807, 2.05) is 0 Å². The number of hydrogen-bond donors (Lipinski definition) is 0. The number of carbonyl (C=O) groups is 1. The van der Waals surface area contributed by atoms with Gasteiger partial charge in [0.15, 0.2) is 0 Å². The molecule has 0 aliphatic heterocycles. The first-order valence-corrected chi connectivity index (χ1v) is 4.84. The van der Waals surface area contributed by atoms with E-state index in [9.17, 15) is 4.79 Å². The summed E-state index contributed by atoms with van der Waals surface area (Å²) >= 11 is 3.21. The molecule has 15 heavy (non-hydrogen) atoms. The van der Waals surface area contributed by atoms with E-state index in [2.05, 4.69) is 36.2 Å². The van der Waals surface area contributed by atoms with E-state index in [0.717, 1.165) is 0 Å². The minimum absolute atomic E-state index is 0.239. The molecule has 2 rings (SSSR count). The zero-order valence-corrected chi connectivity index (χ0v) is 9.34. The first kappa shape index (κ1) is 9.91. The SMILES string of the molecule is Cn1nncc1C(=O)c1ncncc1Br. The quantitative estimate of drug-likeness (QED) is 0.745. The molecule has 76 valence electrons. The lowest BCUT2D eigenvalue weighted by Crippen LogP contribution is -2.10. The molecule has 0 aliphatic rings. The van der Waals surface area contributed by atoms with Crippen LogP contribution >= 0.6 is 15.9 Å². The Kier molecular flexibility index (Phi) is 2.55. The molecule has 0 unspecified atom stereocenters. The maximum atomic E-state index is 11.9. The molecule has 6 nitrogen and oxygen atoms in total. The molecule has 0 bridgehead atoms. The molecule has 0 N–H and O–H groups in total. The number of halogens is 1. The van der Waals surface area contributed by atoms with Crippen LogP contribution < -0.4 is 0 Å². The molecule has 2 aromatic heterocycles. The second kappa shape index (κ2) is 3.85. The summed E-state index contributed by atoms with van der Waals surface area (Å²) in [6.45, 7) is 0. The standard InChI is InChI=1S/C8H6BrN5O/c1-14-6(3-12-13-14)8(15)7-5(9)2-10-4-11-7/h2-4H,1H3. The van der Waals surface area contributed by atoms with E-state index in [-0.39, 0.29) is 5.78 Å². The van der Waals surface area contributed by atoms with Crippen LogP contribution in [-0.2, 0) is 7.05 Å². The zero-order valence-electron chi connectivity index (χ0n) is 7.75. The summed E-state index contributed by atoms with van der Waals surface area (Å²) in [5.74, 6) is -0.239. The Labute approximate surface area is 93.5 Å². The summed E-state index contributed by atoms with van der Waals surface area (Å²) in [6, 6.07) is 0. The van der Waals surface area contributed by atoms with Crippen LogP contribution in [0.5, 0.6) is 0 Å². The van der Waals surface area contributed by atoms with Gasteiger partial charge in [-0.05, 0) is 15.9 Å². The molecule has 0 atom stereocenters. The van der Waals surface area contributed by atoms with Gasteiger partial charge in [-0.2, -0.15) is 0 Å². The lowest BCUT2D eigenvalue weighted by molar-refractivity contribution is 0.102. The number of nitrogens with zero attached hydrogens (tertiary/aromatic N) is 5. The molecule has 0 aliphatic carbocycles. The molecular formula is C8H6BrN5O. The molecule has 0 radical (unpaired) electrons. The average molecular weight is 268 g/mol. The summed E-state index contributed by atoms with van der Waals surface area (Å²) in [6.07, 6.45) is 4.24. The average Bonchev–Trinajstić information content (AvgIpc) is 2.64. The third kappa shape index (κ3) is 1.78. The van der Waals surface area contributed by atoms with Crippen LogP contribution in [0.1, 0.15) is 16.2 Å². The van der Waals surface area contributed by atoms with Gasteiger partial charge < -0.3 is 0 Å². The molecule has 0 amide bonds. The maximum absolute atomic E-state index is 11.9. The Bertz CT molecular complexity index is 509. The predicted octanol–water partition coefficient (Wildman–Crippen LogP) is 0.599. The van der Waals surface area contributed by atoms with Gasteiger partial charge in [0.2, 0.25) is 5.78 Å². The summed E-state index contributed by atoms with van der Waals surface area (Å²) in [5, 5.41) is 7.31. The Morgan fingerprint density at radius 1 is 1.47 bits per heavy atom. The van der Waals surface area contributed by atoms with Gasteiger partial charge in [-0.1, -0.05) is 5.21 Å². The summed E-state index contributed by atoms with van der Waals surface area (Å²) in [5.41, 5.74) is 0.685. The molecule has 0 spiro atoms. The Morgan fingerprint density at radius 2 is 2.27 bits per heavy atom. The Morgan fingerprint density at radius 3 is 2.87 bits per heavy atom. The van der Waals surface area contributed by atoms with Crippen molar-refractivity contribution in [3.63, 3.8) is 0 Å². The van der Waals surface area contributed by atoms with E-state index in [4.69, 9.17) is 0 Å². The summed E-state index contributed by atoms with van der Waals surface area (Å²) < 4.78 is 1.95. The predicted molar refractivity (Wildman–Crippen MR) is 54.2 cm³/mol. The molecule has 7 heteroatoms. The van der Waals surface area contributed by atoms with Gasteiger partial charge in [0.25, 0.3) is 0 Å². The lowest BCUT2D eigenvalue weighted by Gasteiger charge is -2.00. The largest absolute Gasteiger partial charge is 0.285 e. The van der Waals surface area contributed by atoms with Gasteiger partial charge in [-0.3, -0.25) is 4.79 Å². The van der Waals surface area contributed by atoms with Gasteiger partial charge in [0, 0.05) is 13.2 Å². The fourth-order valence-corrected chi connectivity index (χ4v) is 1.50. The van der Waals surface area contributed by atoms with Gasteiger partial charge in [0.05, 0.1) is 10.7 Å². The van der Waals surface area contributed by atoms with Crippen molar-refractivity contribution in [2.45, 2.75) is 0 Å². The van der Waals surface area contributed by atoms with E-state index < -0.39 is 0 Å². The molecule has 0 saturated carbocycles. The van der Waals surface area contributed by atoms with Crippen molar-refractivity contribution >= 4 is 21.7 Å². The second-order valence-corrected chi connectivity index (χ2v) is 3.65. The zero-order chi connectivity index (χ0) is 10.8. The highest BCUT2D eigenvalue weighted by atomic mass is 79.9.